The summed E-state index contributed by atoms with van der Waals surface area (Å²) < 4.78 is 0. The van der Waals surface area contributed by atoms with Crippen molar-refractivity contribution in [2.24, 2.45) is 16.5 Å². The highest BCUT2D eigenvalue weighted by Gasteiger charge is 2.26. The number of ketones is 1. The fourth-order valence-corrected chi connectivity index (χ4v) is 3.12. The van der Waals surface area contributed by atoms with Crippen LogP contribution >= 0.6 is 11.3 Å². The standard InChI is InChI=1S/C15H23N7O3S/c16-15(17)20-3-1-2-10(13(25)14-19-5-7-26-14)21-11(23)9-22-6-4-18-8-12(22)24/h5,7,10,18H,1-4,6,8-9H2,(H,21,23)(H4,16,17,20)/t10-/m1/s1. The molecule has 2 rings (SSSR count). The molecule has 0 aliphatic carbocycles. The predicted octanol–water partition coefficient (Wildman–Crippen LogP) is -1.70. The summed E-state index contributed by atoms with van der Waals surface area (Å²) in [4.78, 5) is 46.0. The molecule has 1 atom stereocenters. The molecule has 2 amide bonds. The maximum atomic E-state index is 12.6. The van der Waals surface area contributed by atoms with Crippen LogP contribution in [0.25, 0.3) is 0 Å². The first-order valence-corrected chi connectivity index (χ1v) is 9.12. The van der Waals surface area contributed by atoms with Gasteiger partial charge in [-0.2, -0.15) is 0 Å². The fourth-order valence-electron chi connectivity index (χ4n) is 2.49. The monoisotopic (exact) mass is 381 g/mol. The highest BCUT2D eigenvalue weighted by Crippen LogP contribution is 2.11. The lowest BCUT2D eigenvalue weighted by Crippen LogP contribution is -2.53. The molecule has 1 aromatic rings. The summed E-state index contributed by atoms with van der Waals surface area (Å²) in [5.41, 5.74) is 10.6. The molecule has 142 valence electrons. The Balaban J connectivity index is 1.95. The lowest BCUT2D eigenvalue weighted by atomic mass is 10.1. The molecule has 1 aromatic heterocycles. The van der Waals surface area contributed by atoms with Crippen LogP contribution in [0.3, 0.4) is 0 Å². The second kappa shape index (κ2) is 9.82. The molecule has 0 bridgehead atoms. The molecule has 1 aliphatic rings. The third kappa shape index (κ3) is 6.08. The SMILES string of the molecule is NC(N)=NCCC[C@@H](NC(=O)CN1CCNCC1=O)C(=O)c1nccs1. The molecule has 1 saturated heterocycles. The summed E-state index contributed by atoms with van der Waals surface area (Å²) >= 11 is 1.21. The van der Waals surface area contributed by atoms with Crippen molar-refractivity contribution in [3.8, 4) is 0 Å². The normalized spacial score (nSPS) is 15.4. The van der Waals surface area contributed by atoms with Crippen molar-refractivity contribution in [3.63, 3.8) is 0 Å². The first kappa shape index (κ1) is 19.8. The zero-order valence-corrected chi connectivity index (χ0v) is 15.1. The minimum Gasteiger partial charge on any atom is -0.370 e. The van der Waals surface area contributed by atoms with Gasteiger partial charge in [0.25, 0.3) is 0 Å². The molecule has 0 unspecified atom stereocenters. The summed E-state index contributed by atoms with van der Waals surface area (Å²) in [5.74, 6) is -0.794. The van der Waals surface area contributed by atoms with Crippen LogP contribution in [0.5, 0.6) is 0 Å². The van der Waals surface area contributed by atoms with E-state index in [1.165, 1.54) is 22.4 Å². The topological polar surface area (TPSA) is 156 Å². The Hall–Kier alpha value is -2.53. The first-order valence-electron chi connectivity index (χ1n) is 8.24. The zero-order chi connectivity index (χ0) is 18.9. The summed E-state index contributed by atoms with van der Waals surface area (Å²) in [6.07, 6.45) is 2.43. The molecule has 26 heavy (non-hydrogen) atoms. The number of rotatable bonds is 9. The van der Waals surface area contributed by atoms with Crippen LogP contribution in [-0.4, -0.2) is 72.2 Å². The van der Waals surface area contributed by atoms with E-state index in [0.717, 1.165) is 0 Å². The van der Waals surface area contributed by atoms with Gasteiger partial charge >= 0.3 is 0 Å². The third-order valence-corrected chi connectivity index (χ3v) is 4.55. The van der Waals surface area contributed by atoms with Gasteiger partial charge in [0.2, 0.25) is 17.6 Å². The molecular weight excluding hydrogens is 358 g/mol. The van der Waals surface area contributed by atoms with Crippen molar-refractivity contribution in [2.45, 2.75) is 18.9 Å². The molecule has 0 aromatic carbocycles. The van der Waals surface area contributed by atoms with Crippen LogP contribution in [-0.2, 0) is 9.59 Å². The van der Waals surface area contributed by atoms with Crippen molar-refractivity contribution in [1.29, 1.82) is 0 Å². The van der Waals surface area contributed by atoms with Crippen LogP contribution in [0.1, 0.15) is 22.6 Å². The van der Waals surface area contributed by atoms with E-state index in [4.69, 9.17) is 11.5 Å². The molecule has 6 N–H and O–H groups in total. The Bertz CT molecular complexity index is 658. The van der Waals surface area contributed by atoms with Gasteiger partial charge < -0.3 is 27.0 Å². The molecule has 10 nitrogen and oxygen atoms in total. The van der Waals surface area contributed by atoms with Crippen LogP contribution in [0.15, 0.2) is 16.6 Å². The minimum absolute atomic E-state index is 0.0194. The lowest BCUT2D eigenvalue weighted by Gasteiger charge is -2.27. The van der Waals surface area contributed by atoms with Gasteiger partial charge in [-0.15, -0.1) is 11.3 Å². The number of thiazole rings is 1. The number of nitrogens with zero attached hydrogens (tertiary/aromatic N) is 3. The molecule has 0 spiro atoms. The average molecular weight is 381 g/mol. The number of piperazine rings is 1. The van der Waals surface area contributed by atoms with Crippen molar-refractivity contribution in [1.82, 2.24) is 20.5 Å². The number of hydrogen-bond acceptors (Lipinski definition) is 7. The number of aliphatic imine (C=N–C) groups is 1. The van der Waals surface area contributed by atoms with Gasteiger partial charge in [-0.05, 0) is 12.8 Å². The second-order valence-corrected chi connectivity index (χ2v) is 6.66. The largest absolute Gasteiger partial charge is 0.370 e. The van der Waals surface area contributed by atoms with Gasteiger partial charge in [0.05, 0.1) is 19.1 Å². The molecule has 11 heteroatoms. The van der Waals surface area contributed by atoms with E-state index in [0.29, 0.717) is 37.5 Å². The van der Waals surface area contributed by atoms with Gasteiger partial charge in [-0.1, -0.05) is 0 Å². The number of nitrogens with one attached hydrogen (secondary N) is 2. The summed E-state index contributed by atoms with van der Waals surface area (Å²) in [5, 5.41) is 7.68. The number of carbonyl (C=O) groups excluding carboxylic acids is 3. The van der Waals surface area contributed by atoms with E-state index in [1.807, 2.05) is 0 Å². The van der Waals surface area contributed by atoms with E-state index in [2.05, 4.69) is 20.6 Å². The third-order valence-electron chi connectivity index (χ3n) is 3.76. The number of hydrogen-bond donors (Lipinski definition) is 4. The molecule has 1 aliphatic heterocycles. The second-order valence-electron chi connectivity index (χ2n) is 5.76. The van der Waals surface area contributed by atoms with Crippen LogP contribution < -0.4 is 22.1 Å². The number of carbonyl (C=O) groups is 3. The van der Waals surface area contributed by atoms with E-state index in [-0.39, 0.29) is 36.6 Å². The van der Waals surface area contributed by atoms with Gasteiger partial charge in [0.15, 0.2) is 11.0 Å². The number of amides is 2. The number of nitrogens with two attached hydrogens (primary N) is 2. The lowest BCUT2D eigenvalue weighted by molar-refractivity contribution is -0.136. The molecule has 0 saturated carbocycles. The van der Waals surface area contributed by atoms with E-state index in [9.17, 15) is 14.4 Å². The van der Waals surface area contributed by atoms with Crippen molar-refractivity contribution < 1.29 is 14.4 Å². The molecular formula is C15H23N7O3S. The van der Waals surface area contributed by atoms with Crippen molar-refractivity contribution in [2.75, 3.05) is 32.7 Å². The van der Waals surface area contributed by atoms with E-state index < -0.39 is 6.04 Å². The molecule has 0 radical (unpaired) electrons. The van der Waals surface area contributed by atoms with Gasteiger partial charge in [0.1, 0.15) is 0 Å². The highest BCUT2D eigenvalue weighted by molar-refractivity contribution is 7.11. The maximum absolute atomic E-state index is 12.6. The summed E-state index contributed by atoms with van der Waals surface area (Å²) in [6, 6.07) is -0.735. The Kier molecular flexibility index (Phi) is 7.48. The fraction of sp³-hybridized carbons (Fsp3) is 0.533. The number of aromatic nitrogens is 1. The van der Waals surface area contributed by atoms with Crippen LogP contribution in [0, 0.1) is 0 Å². The van der Waals surface area contributed by atoms with Gasteiger partial charge in [-0.25, -0.2) is 4.98 Å². The Morgan fingerprint density at radius 2 is 2.27 bits per heavy atom. The zero-order valence-electron chi connectivity index (χ0n) is 14.3. The summed E-state index contributed by atoms with van der Waals surface area (Å²) in [6.45, 7) is 1.60. The number of guanidine groups is 1. The summed E-state index contributed by atoms with van der Waals surface area (Å²) in [7, 11) is 0. The van der Waals surface area contributed by atoms with Crippen molar-refractivity contribution in [3.05, 3.63) is 16.6 Å². The smallest absolute Gasteiger partial charge is 0.240 e. The van der Waals surface area contributed by atoms with E-state index in [1.54, 1.807) is 5.38 Å². The van der Waals surface area contributed by atoms with Gasteiger partial charge in [0, 0.05) is 31.2 Å². The molecule has 2 heterocycles. The Labute approximate surface area is 155 Å². The number of Topliss-reactive ketones (excluding diaryl/α,β-unsaturated/α-hetero) is 1. The van der Waals surface area contributed by atoms with E-state index >= 15 is 0 Å². The Morgan fingerprint density at radius 3 is 2.92 bits per heavy atom. The first-order chi connectivity index (χ1) is 12.5. The average Bonchev–Trinajstić information content (AvgIpc) is 3.13. The molecule has 1 fully saturated rings. The quantitative estimate of drug-likeness (QED) is 0.172. The van der Waals surface area contributed by atoms with Crippen LogP contribution in [0.4, 0.5) is 0 Å². The minimum atomic E-state index is -0.735. The van der Waals surface area contributed by atoms with Crippen LogP contribution in [0.2, 0.25) is 0 Å². The predicted molar refractivity (Wildman–Crippen MR) is 97.7 cm³/mol. The maximum Gasteiger partial charge on any atom is 0.240 e. The Morgan fingerprint density at radius 1 is 1.46 bits per heavy atom. The highest BCUT2D eigenvalue weighted by atomic mass is 32.1. The van der Waals surface area contributed by atoms with Crippen molar-refractivity contribution >= 4 is 34.9 Å². The van der Waals surface area contributed by atoms with Gasteiger partial charge in [-0.3, -0.25) is 19.4 Å².